The molecular weight excluding hydrogens is 296 g/mol. The van der Waals surface area contributed by atoms with Gasteiger partial charge in [-0.15, -0.1) is 0 Å². The van der Waals surface area contributed by atoms with Crippen LogP contribution >= 0.6 is 0 Å². The molecule has 2 N–H and O–H groups in total. The molecule has 24 heavy (non-hydrogen) atoms. The Bertz CT molecular complexity index is 613. The number of hydrogen-bond acceptors (Lipinski definition) is 2. The van der Waals surface area contributed by atoms with Crippen LogP contribution in [0.4, 0.5) is 0 Å². The Labute approximate surface area is 145 Å². The van der Waals surface area contributed by atoms with E-state index in [4.69, 9.17) is 0 Å². The Morgan fingerprint density at radius 3 is 2.25 bits per heavy atom. The second-order valence-electron chi connectivity index (χ2n) is 6.05. The predicted octanol–water partition coefficient (Wildman–Crippen LogP) is 2.03. The number of pyridine rings is 1. The van der Waals surface area contributed by atoms with Crippen LogP contribution in [0.2, 0.25) is 0 Å². The van der Waals surface area contributed by atoms with E-state index in [-0.39, 0.29) is 0 Å². The standard InChI is InChI=1S/C21H26N2O/c1-3-15-23(16-4-2)17-9-13-21(24,19-10-6-5-7-11-19)20-12-8-14-22-18-20/h5-8,10-12,14,18,24H,3-4,15-17H2,1-2H3/p+1/t21-/m1/s1. The van der Waals surface area contributed by atoms with Crippen molar-refractivity contribution in [1.29, 1.82) is 0 Å². The van der Waals surface area contributed by atoms with Crippen LogP contribution in [0, 0.1) is 11.8 Å². The van der Waals surface area contributed by atoms with Crippen molar-refractivity contribution in [3.63, 3.8) is 0 Å². The fourth-order valence-corrected chi connectivity index (χ4v) is 2.87. The van der Waals surface area contributed by atoms with Gasteiger partial charge < -0.3 is 10.0 Å². The first-order valence-corrected chi connectivity index (χ1v) is 8.72. The molecule has 0 radical (unpaired) electrons. The summed E-state index contributed by atoms with van der Waals surface area (Å²) in [6.07, 6.45) is 5.67. The summed E-state index contributed by atoms with van der Waals surface area (Å²) in [6.45, 7) is 7.35. The van der Waals surface area contributed by atoms with Gasteiger partial charge in [0, 0.05) is 23.5 Å². The van der Waals surface area contributed by atoms with E-state index in [1.54, 1.807) is 12.4 Å². The summed E-state index contributed by atoms with van der Waals surface area (Å²) in [4.78, 5) is 5.61. The number of aliphatic hydroxyl groups is 1. The summed E-state index contributed by atoms with van der Waals surface area (Å²) in [6, 6.07) is 13.3. The Morgan fingerprint density at radius 2 is 1.67 bits per heavy atom. The highest BCUT2D eigenvalue weighted by Gasteiger charge is 2.29. The first kappa shape index (κ1) is 18.2. The topological polar surface area (TPSA) is 37.6 Å². The fraction of sp³-hybridized carbons (Fsp3) is 0.381. The molecule has 0 unspecified atom stereocenters. The van der Waals surface area contributed by atoms with Gasteiger partial charge in [-0.3, -0.25) is 4.98 Å². The molecule has 0 aliphatic heterocycles. The minimum absolute atomic E-state index is 0.705. The third-order valence-corrected chi connectivity index (χ3v) is 4.09. The molecule has 2 rings (SSSR count). The highest BCUT2D eigenvalue weighted by Crippen LogP contribution is 2.28. The second kappa shape index (κ2) is 9.22. The number of rotatable bonds is 7. The maximum atomic E-state index is 11.3. The van der Waals surface area contributed by atoms with Gasteiger partial charge in [-0.1, -0.05) is 56.2 Å². The van der Waals surface area contributed by atoms with Gasteiger partial charge in [0.1, 0.15) is 6.54 Å². The van der Waals surface area contributed by atoms with Crippen molar-refractivity contribution in [2.45, 2.75) is 32.3 Å². The van der Waals surface area contributed by atoms with Gasteiger partial charge in [0.2, 0.25) is 0 Å². The lowest BCUT2D eigenvalue weighted by molar-refractivity contribution is -0.892. The molecule has 0 bridgehead atoms. The van der Waals surface area contributed by atoms with Crippen LogP contribution in [0.1, 0.15) is 37.8 Å². The van der Waals surface area contributed by atoms with Crippen LogP contribution in [0.3, 0.4) is 0 Å². The molecule has 2 aromatic rings. The molecule has 0 spiro atoms. The van der Waals surface area contributed by atoms with Crippen LogP contribution < -0.4 is 4.90 Å². The average Bonchev–Trinajstić information content (AvgIpc) is 2.63. The number of quaternary nitrogens is 1. The zero-order valence-corrected chi connectivity index (χ0v) is 14.6. The zero-order valence-electron chi connectivity index (χ0n) is 14.6. The van der Waals surface area contributed by atoms with E-state index >= 15 is 0 Å². The van der Waals surface area contributed by atoms with E-state index in [2.05, 4.69) is 30.7 Å². The summed E-state index contributed by atoms with van der Waals surface area (Å²) < 4.78 is 0. The molecule has 1 aromatic carbocycles. The summed E-state index contributed by atoms with van der Waals surface area (Å²) >= 11 is 0. The SMILES string of the molecule is CCC[NH+](CC#C[C@@](O)(c1ccccc1)c1cccnc1)CCC. The van der Waals surface area contributed by atoms with E-state index in [1.807, 2.05) is 42.5 Å². The molecular formula is C21H27N2O+. The van der Waals surface area contributed by atoms with E-state index in [0.29, 0.717) is 5.56 Å². The Balaban J connectivity index is 2.30. The fourth-order valence-electron chi connectivity index (χ4n) is 2.87. The van der Waals surface area contributed by atoms with Crippen LogP contribution in [0.25, 0.3) is 0 Å². The summed E-state index contributed by atoms with van der Waals surface area (Å²) in [5.74, 6) is 6.35. The number of hydrogen-bond donors (Lipinski definition) is 2. The summed E-state index contributed by atoms with van der Waals surface area (Å²) in [7, 11) is 0. The Kier molecular flexibility index (Phi) is 6.99. The third kappa shape index (κ3) is 4.67. The first-order valence-electron chi connectivity index (χ1n) is 8.72. The van der Waals surface area contributed by atoms with Crippen LogP contribution in [0.15, 0.2) is 54.9 Å². The van der Waals surface area contributed by atoms with E-state index in [1.165, 1.54) is 4.90 Å². The van der Waals surface area contributed by atoms with Crippen molar-refractivity contribution in [3.05, 3.63) is 66.0 Å². The quantitative estimate of drug-likeness (QED) is 0.765. The number of nitrogens with zero attached hydrogens (tertiary/aromatic N) is 1. The number of aromatic nitrogens is 1. The lowest BCUT2D eigenvalue weighted by atomic mass is 9.88. The van der Waals surface area contributed by atoms with Gasteiger partial charge in [0.25, 0.3) is 0 Å². The van der Waals surface area contributed by atoms with Crippen molar-refractivity contribution < 1.29 is 10.0 Å². The van der Waals surface area contributed by atoms with Crippen molar-refractivity contribution in [1.82, 2.24) is 4.98 Å². The minimum atomic E-state index is -1.32. The maximum Gasteiger partial charge on any atom is 0.178 e. The molecule has 0 aliphatic rings. The molecule has 0 fully saturated rings. The van der Waals surface area contributed by atoms with Gasteiger partial charge in [-0.2, -0.15) is 0 Å². The lowest BCUT2D eigenvalue weighted by Crippen LogP contribution is -3.11. The van der Waals surface area contributed by atoms with Gasteiger partial charge in [0.05, 0.1) is 13.1 Å². The van der Waals surface area contributed by atoms with Crippen LogP contribution in [-0.2, 0) is 5.60 Å². The Morgan fingerprint density at radius 1 is 1.00 bits per heavy atom. The smallest absolute Gasteiger partial charge is 0.178 e. The van der Waals surface area contributed by atoms with Gasteiger partial charge in [-0.25, -0.2) is 0 Å². The van der Waals surface area contributed by atoms with E-state index < -0.39 is 5.60 Å². The largest absolute Gasteiger partial charge is 0.369 e. The van der Waals surface area contributed by atoms with Crippen molar-refractivity contribution in [3.8, 4) is 11.8 Å². The molecule has 0 saturated carbocycles. The molecule has 1 heterocycles. The number of nitrogens with one attached hydrogen (secondary N) is 1. The van der Waals surface area contributed by atoms with Gasteiger partial charge in [-0.05, 0) is 24.8 Å². The van der Waals surface area contributed by atoms with Crippen molar-refractivity contribution >= 4 is 0 Å². The van der Waals surface area contributed by atoms with E-state index in [0.717, 1.165) is 38.0 Å². The van der Waals surface area contributed by atoms with Gasteiger partial charge >= 0.3 is 0 Å². The normalized spacial score (nSPS) is 13.2. The molecule has 1 atom stereocenters. The second-order valence-corrected chi connectivity index (χ2v) is 6.05. The monoisotopic (exact) mass is 323 g/mol. The summed E-state index contributed by atoms with van der Waals surface area (Å²) in [5.41, 5.74) is 0.160. The van der Waals surface area contributed by atoms with Gasteiger partial charge in [0.15, 0.2) is 5.60 Å². The van der Waals surface area contributed by atoms with E-state index in [9.17, 15) is 5.11 Å². The molecule has 3 heteroatoms. The third-order valence-electron chi connectivity index (χ3n) is 4.09. The Hall–Kier alpha value is -2.15. The molecule has 3 nitrogen and oxygen atoms in total. The van der Waals surface area contributed by atoms with Crippen LogP contribution in [0.5, 0.6) is 0 Å². The molecule has 0 saturated heterocycles. The number of benzene rings is 1. The zero-order chi connectivity index (χ0) is 17.3. The maximum absolute atomic E-state index is 11.3. The average molecular weight is 323 g/mol. The molecule has 0 amide bonds. The first-order chi connectivity index (χ1) is 11.7. The highest BCUT2D eigenvalue weighted by atomic mass is 16.3. The van der Waals surface area contributed by atoms with Crippen molar-refractivity contribution in [2.24, 2.45) is 0 Å². The lowest BCUT2D eigenvalue weighted by Gasteiger charge is -2.23. The predicted molar refractivity (Wildman–Crippen MR) is 97.6 cm³/mol. The molecule has 0 aliphatic carbocycles. The summed E-state index contributed by atoms with van der Waals surface area (Å²) in [5, 5.41) is 11.3. The minimum Gasteiger partial charge on any atom is -0.369 e. The highest BCUT2D eigenvalue weighted by molar-refractivity contribution is 5.43. The molecule has 1 aromatic heterocycles. The molecule has 126 valence electrons. The van der Waals surface area contributed by atoms with Crippen LogP contribution in [-0.4, -0.2) is 29.7 Å². The van der Waals surface area contributed by atoms with Crippen molar-refractivity contribution in [2.75, 3.05) is 19.6 Å².